The number of rotatable bonds is 7. The smallest absolute Gasteiger partial charge is 0.144 e. The lowest BCUT2D eigenvalue weighted by Gasteiger charge is -2.20. The van der Waals surface area contributed by atoms with Crippen LogP contribution in [0.2, 0.25) is 5.02 Å². The van der Waals surface area contributed by atoms with Gasteiger partial charge in [0, 0.05) is 39.6 Å². The van der Waals surface area contributed by atoms with Crippen LogP contribution in [0.3, 0.4) is 0 Å². The van der Waals surface area contributed by atoms with Crippen LogP contribution >= 0.6 is 18.7 Å². The Morgan fingerprint density at radius 2 is 1.20 bits per heavy atom. The van der Waals surface area contributed by atoms with Gasteiger partial charge in [0.1, 0.15) is 7.14 Å². The van der Waals surface area contributed by atoms with Crippen LogP contribution < -0.4 is 15.9 Å². The summed E-state index contributed by atoms with van der Waals surface area (Å²) in [7, 11) is -2.73. The lowest BCUT2D eigenvalue weighted by molar-refractivity contribution is 0.587. The van der Waals surface area contributed by atoms with Gasteiger partial charge < -0.3 is 9.88 Å². The topological polar surface area (TPSA) is 29.1 Å². The molecule has 0 saturated heterocycles. The van der Waals surface area contributed by atoms with Gasteiger partial charge in [-0.3, -0.25) is 0 Å². The van der Waals surface area contributed by atoms with Gasteiger partial charge in [-0.25, -0.2) is 0 Å². The van der Waals surface area contributed by atoms with Crippen molar-refractivity contribution in [2.24, 2.45) is 0 Å². The maximum Gasteiger partial charge on any atom is 0.144 e. The zero-order valence-corrected chi connectivity index (χ0v) is 18.2. The molecule has 4 heteroatoms. The van der Waals surface area contributed by atoms with Crippen LogP contribution in [-0.4, -0.2) is 12.7 Å². The minimum Gasteiger partial charge on any atom is -0.384 e. The van der Waals surface area contributed by atoms with Crippen molar-refractivity contribution in [2.75, 3.05) is 18.0 Å². The summed E-state index contributed by atoms with van der Waals surface area (Å²) in [4.78, 5) is 0. The lowest BCUT2D eigenvalue weighted by atomic mass is 10.0. The Morgan fingerprint density at radius 1 is 0.667 bits per heavy atom. The summed E-state index contributed by atoms with van der Waals surface area (Å²) in [5, 5.41) is 6.02. The second-order valence-corrected chi connectivity index (χ2v) is 10.5. The second kappa shape index (κ2) is 9.34. The molecular weight excluding hydrogens is 409 g/mol. The fourth-order valence-corrected chi connectivity index (χ4v) is 6.29. The van der Waals surface area contributed by atoms with E-state index < -0.39 is 7.14 Å². The molecule has 4 rings (SSSR count). The molecule has 0 amide bonds. The predicted octanol–water partition coefficient (Wildman–Crippen LogP) is 6.43. The average molecular weight is 432 g/mol. The minimum absolute atomic E-state index is 0.538. The van der Waals surface area contributed by atoms with E-state index in [2.05, 4.69) is 17.4 Å². The number of anilines is 1. The predicted molar refractivity (Wildman–Crippen MR) is 130 cm³/mol. The maximum atomic E-state index is 14.1. The van der Waals surface area contributed by atoms with Crippen LogP contribution in [0, 0.1) is 0 Å². The Kier molecular flexibility index (Phi) is 6.38. The van der Waals surface area contributed by atoms with Crippen LogP contribution in [0.15, 0.2) is 109 Å². The van der Waals surface area contributed by atoms with Crippen LogP contribution in [-0.2, 0) is 4.57 Å². The van der Waals surface area contributed by atoms with E-state index >= 15 is 0 Å². The quantitative estimate of drug-likeness (QED) is 0.341. The Balaban J connectivity index is 1.58. The molecule has 0 aliphatic heterocycles. The molecule has 4 aromatic carbocycles. The summed E-state index contributed by atoms with van der Waals surface area (Å²) in [5.41, 5.74) is 3.22. The molecule has 0 saturated carbocycles. The van der Waals surface area contributed by atoms with Crippen molar-refractivity contribution in [3.63, 3.8) is 0 Å². The number of hydrogen-bond acceptors (Lipinski definition) is 2. The van der Waals surface area contributed by atoms with E-state index in [0.717, 1.165) is 32.4 Å². The standard InChI is InChI=1S/C26H23ClNOP/c27-22-17-15-21(16-18-22)25-13-7-8-14-26(25)28-19-20-30(29,23-9-3-1-4-10-23)24-11-5-2-6-12-24/h1-18,28H,19-20H2. The molecule has 0 radical (unpaired) electrons. The van der Waals surface area contributed by atoms with Gasteiger partial charge >= 0.3 is 0 Å². The Bertz CT molecular complexity index is 1100. The zero-order valence-electron chi connectivity index (χ0n) is 16.5. The highest BCUT2D eigenvalue weighted by Crippen LogP contribution is 2.43. The van der Waals surface area contributed by atoms with E-state index in [1.807, 2.05) is 97.1 Å². The first-order valence-corrected chi connectivity index (χ1v) is 12.2. The SMILES string of the molecule is O=P(CCNc1ccccc1-c1ccc(Cl)cc1)(c1ccccc1)c1ccccc1. The fraction of sp³-hybridized carbons (Fsp3) is 0.0769. The molecule has 0 aliphatic carbocycles. The molecule has 0 fully saturated rings. The maximum absolute atomic E-state index is 14.1. The molecule has 150 valence electrons. The second-order valence-electron chi connectivity index (χ2n) is 7.11. The monoisotopic (exact) mass is 431 g/mol. The third-order valence-electron chi connectivity index (χ3n) is 5.17. The summed E-state index contributed by atoms with van der Waals surface area (Å²) in [6, 6.07) is 35.6. The van der Waals surface area contributed by atoms with Crippen molar-refractivity contribution in [3.8, 4) is 11.1 Å². The molecule has 0 atom stereocenters. The number of nitrogens with one attached hydrogen (secondary N) is 1. The van der Waals surface area contributed by atoms with Crippen molar-refractivity contribution in [2.45, 2.75) is 0 Å². The van der Waals surface area contributed by atoms with Gasteiger partial charge in [-0.15, -0.1) is 0 Å². The largest absolute Gasteiger partial charge is 0.384 e. The molecule has 0 heterocycles. The molecule has 0 spiro atoms. The third kappa shape index (κ3) is 4.51. The van der Waals surface area contributed by atoms with Gasteiger partial charge in [0.15, 0.2) is 0 Å². The van der Waals surface area contributed by atoms with E-state index in [1.54, 1.807) is 0 Å². The van der Waals surface area contributed by atoms with Gasteiger partial charge in [0.05, 0.1) is 0 Å². The Labute approximate surface area is 182 Å². The van der Waals surface area contributed by atoms with Crippen molar-refractivity contribution in [1.29, 1.82) is 0 Å². The molecular formula is C26H23ClNOP. The van der Waals surface area contributed by atoms with Gasteiger partial charge in [-0.1, -0.05) is 103 Å². The van der Waals surface area contributed by atoms with E-state index in [0.29, 0.717) is 12.7 Å². The van der Waals surface area contributed by atoms with E-state index in [1.165, 1.54) is 0 Å². The van der Waals surface area contributed by atoms with Crippen molar-refractivity contribution in [1.82, 2.24) is 0 Å². The van der Waals surface area contributed by atoms with Gasteiger partial charge in [-0.2, -0.15) is 0 Å². The molecule has 30 heavy (non-hydrogen) atoms. The molecule has 1 N–H and O–H groups in total. The van der Waals surface area contributed by atoms with Crippen LogP contribution in [0.1, 0.15) is 0 Å². The summed E-state index contributed by atoms with van der Waals surface area (Å²) < 4.78 is 14.1. The van der Waals surface area contributed by atoms with E-state index in [4.69, 9.17) is 11.6 Å². The van der Waals surface area contributed by atoms with E-state index in [9.17, 15) is 4.57 Å². The highest BCUT2D eigenvalue weighted by molar-refractivity contribution is 7.78. The first kappa shape index (κ1) is 20.5. The van der Waals surface area contributed by atoms with Gasteiger partial charge in [0.2, 0.25) is 0 Å². The van der Waals surface area contributed by atoms with Crippen LogP contribution in [0.4, 0.5) is 5.69 Å². The minimum atomic E-state index is -2.73. The number of benzene rings is 4. The van der Waals surface area contributed by atoms with Gasteiger partial charge in [0.25, 0.3) is 0 Å². The fourth-order valence-electron chi connectivity index (χ4n) is 3.61. The molecule has 0 aliphatic rings. The summed E-state index contributed by atoms with van der Waals surface area (Å²) in [6.45, 7) is 0.603. The first-order chi connectivity index (χ1) is 14.7. The Hall–Kier alpha value is -2.80. The van der Waals surface area contributed by atoms with Crippen LogP contribution in [0.25, 0.3) is 11.1 Å². The molecule has 0 aromatic heterocycles. The first-order valence-electron chi connectivity index (χ1n) is 9.96. The number of hydrogen-bond donors (Lipinski definition) is 1. The molecule has 0 bridgehead atoms. The third-order valence-corrected chi connectivity index (χ3v) is 8.54. The number of halogens is 1. The highest BCUT2D eigenvalue weighted by atomic mass is 35.5. The van der Waals surface area contributed by atoms with Crippen molar-refractivity contribution in [3.05, 3.63) is 114 Å². The summed E-state index contributed by atoms with van der Waals surface area (Å²) in [6.07, 6.45) is 0.538. The van der Waals surface area contributed by atoms with Crippen molar-refractivity contribution >= 4 is 35.0 Å². The molecule has 0 unspecified atom stereocenters. The van der Waals surface area contributed by atoms with Crippen LogP contribution in [0.5, 0.6) is 0 Å². The van der Waals surface area contributed by atoms with E-state index in [-0.39, 0.29) is 0 Å². The molecule has 2 nitrogen and oxygen atoms in total. The normalized spacial score (nSPS) is 11.2. The molecule has 4 aromatic rings. The summed E-state index contributed by atoms with van der Waals surface area (Å²) in [5.74, 6) is 0. The van der Waals surface area contributed by atoms with Gasteiger partial charge in [-0.05, 0) is 23.8 Å². The lowest BCUT2D eigenvalue weighted by Crippen LogP contribution is -2.22. The Morgan fingerprint density at radius 3 is 1.80 bits per heavy atom. The zero-order chi connectivity index (χ0) is 20.8. The summed E-state index contributed by atoms with van der Waals surface area (Å²) >= 11 is 6.04. The van der Waals surface area contributed by atoms with Crippen molar-refractivity contribution < 1.29 is 4.57 Å². The highest BCUT2D eigenvalue weighted by Gasteiger charge is 2.26. The average Bonchev–Trinajstić information content (AvgIpc) is 2.81. The number of para-hydroxylation sites is 1.